The van der Waals surface area contributed by atoms with Crippen LogP contribution in [0.1, 0.15) is 11.1 Å². The number of ether oxygens (including phenoxy) is 3. The summed E-state index contributed by atoms with van der Waals surface area (Å²) in [5, 5.41) is 0. The van der Waals surface area contributed by atoms with Gasteiger partial charge in [0.1, 0.15) is 24.7 Å². The summed E-state index contributed by atoms with van der Waals surface area (Å²) in [5.74, 6) is 1.64. The zero-order valence-corrected chi connectivity index (χ0v) is 12.2. The fourth-order valence-electron chi connectivity index (χ4n) is 1.97. The summed E-state index contributed by atoms with van der Waals surface area (Å²) in [7, 11) is 1.68. The van der Waals surface area contributed by atoms with Crippen LogP contribution in [0.25, 0.3) is 0 Å². The molecule has 0 saturated carbocycles. The molecule has 0 saturated heterocycles. The topological polar surface area (TPSA) is 53.7 Å². The number of hydrogen-bond acceptors (Lipinski definition) is 4. The lowest BCUT2D eigenvalue weighted by atomic mass is 10.2. The number of nitrogens with two attached hydrogens (primary N) is 1. The van der Waals surface area contributed by atoms with Crippen molar-refractivity contribution >= 4 is 0 Å². The van der Waals surface area contributed by atoms with E-state index in [1.54, 1.807) is 7.11 Å². The van der Waals surface area contributed by atoms with Gasteiger partial charge in [0.05, 0.1) is 6.61 Å². The van der Waals surface area contributed by atoms with E-state index >= 15 is 0 Å². The van der Waals surface area contributed by atoms with Crippen molar-refractivity contribution in [3.05, 3.63) is 59.7 Å². The van der Waals surface area contributed by atoms with Gasteiger partial charge in [0.15, 0.2) is 0 Å². The third-order valence-electron chi connectivity index (χ3n) is 2.96. The summed E-state index contributed by atoms with van der Waals surface area (Å²) in [6.07, 6.45) is 0. The van der Waals surface area contributed by atoms with E-state index in [4.69, 9.17) is 19.9 Å². The lowest BCUT2D eigenvalue weighted by Gasteiger charge is -2.10. The maximum absolute atomic E-state index is 5.67. The van der Waals surface area contributed by atoms with Crippen LogP contribution in [-0.2, 0) is 17.9 Å². The second-order valence-electron chi connectivity index (χ2n) is 4.63. The minimum Gasteiger partial charge on any atom is -0.490 e. The Balaban J connectivity index is 1.77. The number of methoxy groups -OCH3 is 1. The van der Waals surface area contributed by atoms with E-state index in [0.29, 0.717) is 26.4 Å². The van der Waals surface area contributed by atoms with Crippen molar-refractivity contribution < 1.29 is 14.2 Å². The summed E-state index contributed by atoms with van der Waals surface area (Å²) in [6, 6.07) is 15.6. The molecule has 4 heteroatoms. The number of rotatable bonds is 8. The van der Waals surface area contributed by atoms with E-state index in [0.717, 1.165) is 22.6 Å². The SMILES string of the molecule is COCc1cccc(OCCOc2cccc(CN)c2)c1. The van der Waals surface area contributed by atoms with Crippen molar-refractivity contribution in [1.82, 2.24) is 0 Å². The van der Waals surface area contributed by atoms with Crippen molar-refractivity contribution in [2.24, 2.45) is 5.73 Å². The Bertz CT molecular complexity index is 557. The van der Waals surface area contributed by atoms with E-state index in [-0.39, 0.29) is 0 Å². The molecule has 0 fully saturated rings. The van der Waals surface area contributed by atoms with Gasteiger partial charge in [-0.1, -0.05) is 24.3 Å². The quantitative estimate of drug-likeness (QED) is 0.759. The van der Waals surface area contributed by atoms with Gasteiger partial charge in [-0.15, -0.1) is 0 Å². The first-order valence-electron chi connectivity index (χ1n) is 6.94. The molecule has 0 aromatic heterocycles. The first kappa shape index (κ1) is 15.4. The Morgan fingerprint density at radius 2 is 1.43 bits per heavy atom. The standard InChI is InChI=1S/C17H21NO3/c1-19-13-15-5-3-7-17(11-15)21-9-8-20-16-6-2-4-14(10-16)12-18/h2-7,10-11H,8-9,12-13,18H2,1H3. The monoisotopic (exact) mass is 287 g/mol. The van der Waals surface area contributed by atoms with Gasteiger partial charge in [0.25, 0.3) is 0 Å². The van der Waals surface area contributed by atoms with E-state index in [9.17, 15) is 0 Å². The molecule has 0 bridgehead atoms. The average molecular weight is 287 g/mol. The Hall–Kier alpha value is -2.04. The summed E-state index contributed by atoms with van der Waals surface area (Å²) in [4.78, 5) is 0. The summed E-state index contributed by atoms with van der Waals surface area (Å²) in [5.41, 5.74) is 7.74. The van der Waals surface area contributed by atoms with Crippen LogP contribution in [0.2, 0.25) is 0 Å². The molecular formula is C17H21NO3. The molecule has 2 aromatic carbocycles. The minimum atomic E-state index is 0.489. The summed E-state index contributed by atoms with van der Waals surface area (Å²) in [6.45, 7) is 2.07. The molecular weight excluding hydrogens is 266 g/mol. The fraction of sp³-hybridized carbons (Fsp3) is 0.294. The van der Waals surface area contributed by atoms with Gasteiger partial charge in [0, 0.05) is 13.7 Å². The summed E-state index contributed by atoms with van der Waals surface area (Å²) < 4.78 is 16.4. The lowest BCUT2D eigenvalue weighted by molar-refractivity contribution is 0.184. The third-order valence-corrected chi connectivity index (χ3v) is 2.96. The molecule has 0 amide bonds. The van der Waals surface area contributed by atoms with Crippen LogP contribution in [0.15, 0.2) is 48.5 Å². The highest BCUT2D eigenvalue weighted by atomic mass is 16.5. The van der Waals surface area contributed by atoms with E-state index in [2.05, 4.69) is 0 Å². The largest absolute Gasteiger partial charge is 0.490 e. The molecule has 21 heavy (non-hydrogen) atoms. The molecule has 2 rings (SSSR count). The van der Waals surface area contributed by atoms with Crippen molar-refractivity contribution in [3.8, 4) is 11.5 Å². The zero-order valence-electron chi connectivity index (χ0n) is 12.2. The third kappa shape index (κ3) is 5.10. The second kappa shape index (κ2) is 8.29. The molecule has 0 heterocycles. The first-order chi connectivity index (χ1) is 10.3. The molecule has 2 aromatic rings. The number of hydrogen-bond donors (Lipinski definition) is 1. The van der Waals surface area contributed by atoms with Crippen LogP contribution in [0.3, 0.4) is 0 Å². The van der Waals surface area contributed by atoms with Gasteiger partial charge < -0.3 is 19.9 Å². The smallest absolute Gasteiger partial charge is 0.122 e. The first-order valence-corrected chi connectivity index (χ1v) is 6.94. The van der Waals surface area contributed by atoms with Gasteiger partial charge in [-0.2, -0.15) is 0 Å². The normalized spacial score (nSPS) is 10.4. The zero-order chi connectivity index (χ0) is 14.9. The molecule has 112 valence electrons. The molecule has 0 radical (unpaired) electrons. The summed E-state index contributed by atoms with van der Waals surface area (Å²) >= 11 is 0. The van der Waals surface area contributed by atoms with Crippen LogP contribution in [0, 0.1) is 0 Å². The van der Waals surface area contributed by atoms with Crippen molar-refractivity contribution in [3.63, 3.8) is 0 Å². The Kier molecular flexibility index (Phi) is 6.06. The average Bonchev–Trinajstić information content (AvgIpc) is 2.52. The van der Waals surface area contributed by atoms with Crippen molar-refractivity contribution in [1.29, 1.82) is 0 Å². The molecule has 2 N–H and O–H groups in total. The highest BCUT2D eigenvalue weighted by Crippen LogP contribution is 2.15. The minimum absolute atomic E-state index is 0.489. The van der Waals surface area contributed by atoms with Crippen molar-refractivity contribution in [2.75, 3.05) is 20.3 Å². The van der Waals surface area contributed by atoms with Gasteiger partial charge in [-0.05, 0) is 35.4 Å². The highest BCUT2D eigenvalue weighted by molar-refractivity contribution is 5.29. The Labute approximate surface area is 125 Å². The predicted molar refractivity (Wildman–Crippen MR) is 82.5 cm³/mol. The molecule has 4 nitrogen and oxygen atoms in total. The van der Waals surface area contributed by atoms with E-state index < -0.39 is 0 Å². The van der Waals surface area contributed by atoms with Gasteiger partial charge in [-0.3, -0.25) is 0 Å². The molecule has 0 spiro atoms. The van der Waals surface area contributed by atoms with Crippen LogP contribution in [0.5, 0.6) is 11.5 Å². The van der Waals surface area contributed by atoms with Gasteiger partial charge >= 0.3 is 0 Å². The highest BCUT2D eigenvalue weighted by Gasteiger charge is 1.99. The predicted octanol–water partition coefficient (Wildman–Crippen LogP) is 2.75. The fourth-order valence-corrected chi connectivity index (χ4v) is 1.97. The maximum atomic E-state index is 5.67. The maximum Gasteiger partial charge on any atom is 0.122 e. The number of benzene rings is 2. The Morgan fingerprint density at radius 1 is 0.857 bits per heavy atom. The van der Waals surface area contributed by atoms with Gasteiger partial charge in [-0.25, -0.2) is 0 Å². The van der Waals surface area contributed by atoms with Crippen LogP contribution < -0.4 is 15.2 Å². The van der Waals surface area contributed by atoms with Crippen LogP contribution >= 0.6 is 0 Å². The van der Waals surface area contributed by atoms with Crippen molar-refractivity contribution in [2.45, 2.75) is 13.2 Å². The van der Waals surface area contributed by atoms with E-state index in [1.165, 1.54) is 0 Å². The molecule has 0 aliphatic rings. The Morgan fingerprint density at radius 3 is 2.00 bits per heavy atom. The molecule has 0 aliphatic carbocycles. The second-order valence-corrected chi connectivity index (χ2v) is 4.63. The lowest BCUT2D eigenvalue weighted by Crippen LogP contribution is -2.09. The van der Waals surface area contributed by atoms with Crippen LogP contribution in [-0.4, -0.2) is 20.3 Å². The molecule has 0 unspecified atom stereocenters. The molecule has 0 aliphatic heterocycles. The van der Waals surface area contributed by atoms with Gasteiger partial charge in [0.2, 0.25) is 0 Å². The van der Waals surface area contributed by atoms with Crippen LogP contribution in [0.4, 0.5) is 0 Å². The molecule has 0 atom stereocenters. The van der Waals surface area contributed by atoms with E-state index in [1.807, 2.05) is 48.5 Å².